The monoisotopic (exact) mass is 250 g/mol. The minimum Gasteiger partial charge on any atom is -0.476 e. The normalized spacial score (nSPS) is 10.2. The fraction of sp³-hybridized carbons (Fsp3) is 0.364. The maximum atomic E-state index is 5.54. The summed E-state index contributed by atoms with van der Waals surface area (Å²) in [5.74, 6) is 1.25. The molecule has 0 aromatic carbocycles. The van der Waals surface area contributed by atoms with Crippen LogP contribution >= 0.6 is 11.3 Å². The predicted octanol–water partition coefficient (Wildman–Crippen LogP) is 1.90. The van der Waals surface area contributed by atoms with Crippen molar-refractivity contribution in [1.82, 2.24) is 15.0 Å². The first kappa shape index (κ1) is 11.8. The van der Waals surface area contributed by atoms with Crippen LogP contribution in [0.1, 0.15) is 10.6 Å². The van der Waals surface area contributed by atoms with Crippen molar-refractivity contribution < 1.29 is 4.74 Å². The molecule has 2 aromatic rings. The molecule has 0 unspecified atom stereocenters. The molecule has 90 valence electrons. The van der Waals surface area contributed by atoms with Gasteiger partial charge in [0, 0.05) is 18.3 Å². The summed E-state index contributed by atoms with van der Waals surface area (Å²) >= 11 is 1.65. The van der Waals surface area contributed by atoms with E-state index in [2.05, 4.69) is 20.3 Å². The van der Waals surface area contributed by atoms with Gasteiger partial charge in [0.25, 0.3) is 0 Å². The second-order valence-corrected chi connectivity index (χ2v) is 4.39. The van der Waals surface area contributed by atoms with Crippen LogP contribution in [0.5, 0.6) is 5.88 Å². The Balaban J connectivity index is 1.87. The van der Waals surface area contributed by atoms with Crippen LogP contribution in [0.2, 0.25) is 0 Å². The maximum Gasteiger partial charge on any atom is 0.234 e. The number of hydrogen-bond donors (Lipinski definition) is 1. The Morgan fingerprint density at radius 3 is 3.00 bits per heavy atom. The lowest BCUT2D eigenvalue weighted by Gasteiger charge is -2.05. The van der Waals surface area contributed by atoms with Crippen LogP contribution in [0, 0.1) is 6.92 Å². The highest BCUT2D eigenvalue weighted by Crippen LogP contribution is 2.14. The molecule has 0 bridgehead atoms. The smallest absolute Gasteiger partial charge is 0.234 e. The molecule has 0 aliphatic rings. The first-order valence-electron chi connectivity index (χ1n) is 5.31. The number of rotatable bonds is 5. The topological polar surface area (TPSA) is 59.9 Å². The van der Waals surface area contributed by atoms with Crippen LogP contribution in [-0.4, -0.2) is 28.6 Å². The van der Waals surface area contributed by atoms with Gasteiger partial charge in [-0.05, 0) is 6.92 Å². The molecule has 17 heavy (non-hydrogen) atoms. The lowest BCUT2D eigenvalue weighted by molar-refractivity contribution is 0.309. The zero-order valence-corrected chi connectivity index (χ0v) is 10.6. The van der Waals surface area contributed by atoms with Gasteiger partial charge in [-0.25, -0.2) is 4.98 Å². The van der Waals surface area contributed by atoms with Crippen molar-refractivity contribution >= 4 is 17.2 Å². The summed E-state index contributed by atoms with van der Waals surface area (Å²) in [6.45, 7) is 2.60. The molecule has 0 saturated heterocycles. The van der Waals surface area contributed by atoms with Crippen molar-refractivity contribution in [3.63, 3.8) is 0 Å². The largest absolute Gasteiger partial charge is 0.476 e. The van der Waals surface area contributed by atoms with Gasteiger partial charge in [0.2, 0.25) is 5.88 Å². The molecule has 2 rings (SSSR count). The molecular weight excluding hydrogens is 236 g/mol. The summed E-state index contributed by atoms with van der Waals surface area (Å²) in [5, 5.41) is 2.92. The number of nitrogens with one attached hydrogen (secondary N) is 1. The third kappa shape index (κ3) is 3.13. The second kappa shape index (κ2) is 5.58. The number of thiazole rings is 1. The fourth-order valence-corrected chi connectivity index (χ4v) is 2.12. The van der Waals surface area contributed by atoms with Gasteiger partial charge in [-0.2, -0.15) is 4.98 Å². The highest BCUT2D eigenvalue weighted by Gasteiger charge is 2.03. The molecule has 0 spiro atoms. The number of aromatic nitrogens is 3. The van der Waals surface area contributed by atoms with E-state index in [9.17, 15) is 0 Å². The van der Waals surface area contributed by atoms with E-state index in [1.165, 1.54) is 4.88 Å². The molecule has 0 aliphatic heterocycles. The molecule has 0 amide bonds. The van der Waals surface area contributed by atoms with Crippen molar-refractivity contribution in [3.05, 3.63) is 28.5 Å². The standard InChI is InChI=1S/C11H14N4OS/c1-8-9(17-7-14-8)3-4-16-11-6-13-5-10(12-2)15-11/h5-7H,3-4H2,1-2H3,(H,12,15). The van der Waals surface area contributed by atoms with Gasteiger partial charge >= 0.3 is 0 Å². The molecule has 2 heterocycles. The summed E-state index contributed by atoms with van der Waals surface area (Å²) in [4.78, 5) is 13.7. The predicted molar refractivity (Wildman–Crippen MR) is 67.6 cm³/mol. The Kier molecular flexibility index (Phi) is 3.87. The Morgan fingerprint density at radius 2 is 2.29 bits per heavy atom. The molecule has 2 aromatic heterocycles. The summed E-state index contributed by atoms with van der Waals surface area (Å²) in [6, 6.07) is 0. The number of hydrogen-bond acceptors (Lipinski definition) is 6. The number of aryl methyl sites for hydroxylation is 1. The van der Waals surface area contributed by atoms with Crippen molar-refractivity contribution in [3.8, 4) is 5.88 Å². The lowest BCUT2D eigenvalue weighted by atomic mass is 10.3. The van der Waals surface area contributed by atoms with E-state index < -0.39 is 0 Å². The van der Waals surface area contributed by atoms with Crippen molar-refractivity contribution in [1.29, 1.82) is 0 Å². The minimum absolute atomic E-state index is 0.541. The van der Waals surface area contributed by atoms with Crippen LogP contribution in [0.25, 0.3) is 0 Å². The highest BCUT2D eigenvalue weighted by atomic mass is 32.1. The summed E-state index contributed by atoms with van der Waals surface area (Å²) in [7, 11) is 1.80. The zero-order chi connectivity index (χ0) is 12.1. The summed E-state index contributed by atoms with van der Waals surface area (Å²) < 4.78 is 5.54. The average molecular weight is 250 g/mol. The Labute approximate surface area is 104 Å². The average Bonchev–Trinajstić information content (AvgIpc) is 2.76. The van der Waals surface area contributed by atoms with Crippen LogP contribution in [0.4, 0.5) is 5.82 Å². The van der Waals surface area contributed by atoms with Gasteiger partial charge in [0.05, 0.1) is 30.2 Å². The minimum atomic E-state index is 0.541. The van der Waals surface area contributed by atoms with Gasteiger partial charge in [0.15, 0.2) is 0 Å². The first-order valence-corrected chi connectivity index (χ1v) is 6.19. The van der Waals surface area contributed by atoms with E-state index in [1.54, 1.807) is 30.8 Å². The van der Waals surface area contributed by atoms with Gasteiger partial charge < -0.3 is 10.1 Å². The van der Waals surface area contributed by atoms with E-state index in [1.807, 2.05) is 12.4 Å². The quantitative estimate of drug-likeness (QED) is 0.878. The third-order valence-electron chi connectivity index (χ3n) is 2.29. The molecule has 0 atom stereocenters. The molecule has 0 saturated carbocycles. The third-order valence-corrected chi connectivity index (χ3v) is 3.29. The van der Waals surface area contributed by atoms with Crippen LogP contribution in [-0.2, 0) is 6.42 Å². The SMILES string of the molecule is CNc1cncc(OCCc2scnc2C)n1. The molecule has 5 nitrogen and oxygen atoms in total. The Morgan fingerprint density at radius 1 is 1.41 bits per heavy atom. The van der Waals surface area contributed by atoms with Crippen molar-refractivity contribution in [2.45, 2.75) is 13.3 Å². The molecule has 6 heteroatoms. The fourth-order valence-electron chi connectivity index (χ4n) is 1.35. The number of nitrogens with zero attached hydrogens (tertiary/aromatic N) is 3. The van der Waals surface area contributed by atoms with Crippen molar-refractivity contribution in [2.75, 3.05) is 19.0 Å². The van der Waals surface area contributed by atoms with Crippen LogP contribution < -0.4 is 10.1 Å². The summed E-state index contributed by atoms with van der Waals surface area (Å²) in [5.41, 5.74) is 2.93. The Bertz CT molecular complexity index is 486. The number of anilines is 1. The molecule has 0 radical (unpaired) electrons. The second-order valence-electron chi connectivity index (χ2n) is 3.45. The zero-order valence-electron chi connectivity index (χ0n) is 9.80. The van der Waals surface area contributed by atoms with E-state index >= 15 is 0 Å². The van der Waals surface area contributed by atoms with Crippen LogP contribution in [0.3, 0.4) is 0 Å². The van der Waals surface area contributed by atoms with E-state index in [4.69, 9.17) is 4.74 Å². The molecular formula is C11H14N4OS. The Hall–Kier alpha value is -1.69. The maximum absolute atomic E-state index is 5.54. The van der Waals surface area contributed by atoms with E-state index in [-0.39, 0.29) is 0 Å². The molecule has 1 N–H and O–H groups in total. The van der Waals surface area contributed by atoms with Crippen LogP contribution in [0.15, 0.2) is 17.9 Å². The molecule has 0 fully saturated rings. The first-order chi connectivity index (χ1) is 8.29. The van der Waals surface area contributed by atoms with Gasteiger partial charge in [0.1, 0.15) is 5.82 Å². The van der Waals surface area contributed by atoms with Gasteiger partial charge in [-0.15, -0.1) is 11.3 Å². The van der Waals surface area contributed by atoms with Gasteiger partial charge in [-0.1, -0.05) is 0 Å². The highest BCUT2D eigenvalue weighted by molar-refractivity contribution is 7.09. The van der Waals surface area contributed by atoms with Crippen molar-refractivity contribution in [2.24, 2.45) is 0 Å². The van der Waals surface area contributed by atoms with E-state index in [0.717, 1.165) is 12.1 Å². The number of ether oxygens (including phenoxy) is 1. The van der Waals surface area contributed by atoms with Gasteiger partial charge in [-0.3, -0.25) is 4.98 Å². The lowest BCUT2D eigenvalue weighted by Crippen LogP contribution is -2.04. The molecule has 0 aliphatic carbocycles. The van der Waals surface area contributed by atoms with E-state index in [0.29, 0.717) is 18.3 Å². The summed E-state index contributed by atoms with van der Waals surface area (Å²) in [6.07, 6.45) is 4.11.